The number of hydrogen-bond acceptors (Lipinski definition) is 2. The Bertz CT molecular complexity index is 358. The first-order valence-electron chi connectivity index (χ1n) is 8.03. The SMILES string of the molecule is CCCC(C)OCC(NCC)c1ccc(C(C)C)cc1. The summed E-state index contributed by atoms with van der Waals surface area (Å²) in [5, 5.41) is 3.52. The second kappa shape index (κ2) is 9.15. The smallest absolute Gasteiger partial charge is 0.0665 e. The molecular weight excluding hydrogens is 246 g/mol. The number of nitrogens with one attached hydrogen (secondary N) is 1. The van der Waals surface area contributed by atoms with E-state index in [0.29, 0.717) is 18.1 Å². The summed E-state index contributed by atoms with van der Waals surface area (Å²) in [4.78, 5) is 0. The summed E-state index contributed by atoms with van der Waals surface area (Å²) in [5.41, 5.74) is 2.71. The Morgan fingerprint density at radius 3 is 2.10 bits per heavy atom. The summed E-state index contributed by atoms with van der Waals surface area (Å²) in [5.74, 6) is 0.586. The lowest BCUT2D eigenvalue weighted by molar-refractivity contribution is 0.0442. The van der Waals surface area contributed by atoms with E-state index in [9.17, 15) is 0 Å². The molecule has 2 atom stereocenters. The number of ether oxygens (including phenoxy) is 1. The summed E-state index contributed by atoms with van der Waals surface area (Å²) >= 11 is 0. The van der Waals surface area contributed by atoms with Crippen LogP contribution in [0.15, 0.2) is 24.3 Å². The Morgan fingerprint density at radius 1 is 1.00 bits per heavy atom. The Morgan fingerprint density at radius 2 is 1.60 bits per heavy atom. The molecule has 0 radical (unpaired) electrons. The highest BCUT2D eigenvalue weighted by atomic mass is 16.5. The molecule has 0 aliphatic heterocycles. The van der Waals surface area contributed by atoms with Gasteiger partial charge in [0.1, 0.15) is 0 Å². The Balaban J connectivity index is 2.64. The van der Waals surface area contributed by atoms with E-state index < -0.39 is 0 Å². The molecular formula is C18H31NO. The van der Waals surface area contributed by atoms with E-state index in [2.05, 4.69) is 64.2 Å². The molecule has 2 unspecified atom stereocenters. The van der Waals surface area contributed by atoms with Crippen LogP contribution in [0.25, 0.3) is 0 Å². The quantitative estimate of drug-likeness (QED) is 0.708. The van der Waals surface area contributed by atoms with Crippen molar-refractivity contribution in [2.24, 2.45) is 0 Å². The minimum absolute atomic E-state index is 0.292. The van der Waals surface area contributed by atoms with E-state index in [-0.39, 0.29) is 0 Å². The highest BCUT2D eigenvalue weighted by Crippen LogP contribution is 2.19. The minimum Gasteiger partial charge on any atom is -0.377 e. The van der Waals surface area contributed by atoms with Crippen LogP contribution in [0, 0.1) is 0 Å². The van der Waals surface area contributed by atoms with Gasteiger partial charge >= 0.3 is 0 Å². The molecule has 0 spiro atoms. The fourth-order valence-corrected chi connectivity index (χ4v) is 2.38. The minimum atomic E-state index is 0.292. The molecule has 0 amide bonds. The standard InChI is InChI=1S/C18H31NO/c1-6-8-15(5)20-13-18(19-7-2)17-11-9-16(10-12-17)14(3)4/h9-12,14-15,18-19H,6-8,13H2,1-5H3. The van der Waals surface area contributed by atoms with Gasteiger partial charge in [-0.3, -0.25) is 0 Å². The highest BCUT2D eigenvalue weighted by Gasteiger charge is 2.12. The van der Waals surface area contributed by atoms with Crippen molar-refractivity contribution in [1.82, 2.24) is 5.32 Å². The molecule has 114 valence electrons. The molecule has 2 heteroatoms. The maximum atomic E-state index is 5.97. The monoisotopic (exact) mass is 277 g/mol. The molecule has 0 fully saturated rings. The van der Waals surface area contributed by atoms with Gasteiger partial charge in [0.25, 0.3) is 0 Å². The summed E-state index contributed by atoms with van der Waals surface area (Å²) in [7, 11) is 0. The zero-order valence-electron chi connectivity index (χ0n) is 13.8. The van der Waals surface area contributed by atoms with Crippen molar-refractivity contribution in [2.45, 2.75) is 65.5 Å². The van der Waals surface area contributed by atoms with Crippen molar-refractivity contribution in [3.63, 3.8) is 0 Å². The zero-order valence-corrected chi connectivity index (χ0v) is 13.8. The van der Waals surface area contributed by atoms with E-state index in [1.165, 1.54) is 17.5 Å². The van der Waals surface area contributed by atoms with Gasteiger partial charge in [-0.1, -0.05) is 58.4 Å². The summed E-state index contributed by atoms with van der Waals surface area (Å²) < 4.78 is 5.97. The molecule has 0 aromatic heterocycles. The van der Waals surface area contributed by atoms with Crippen molar-refractivity contribution in [2.75, 3.05) is 13.2 Å². The van der Waals surface area contributed by atoms with Gasteiger partial charge in [-0.2, -0.15) is 0 Å². The number of benzene rings is 1. The van der Waals surface area contributed by atoms with Crippen LogP contribution in [-0.2, 0) is 4.74 Å². The predicted octanol–water partition coefficient (Wildman–Crippen LogP) is 4.67. The summed E-state index contributed by atoms with van der Waals surface area (Å²) in [6.45, 7) is 12.7. The average molecular weight is 277 g/mol. The van der Waals surface area contributed by atoms with Crippen molar-refractivity contribution >= 4 is 0 Å². The molecule has 0 aliphatic rings. The Kier molecular flexibility index (Phi) is 7.86. The molecule has 0 aliphatic carbocycles. The molecule has 1 N–H and O–H groups in total. The third-order valence-electron chi connectivity index (χ3n) is 3.70. The molecule has 20 heavy (non-hydrogen) atoms. The molecule has 1 aromatic rings. The highest BCUT2D eigenvalue weighted by molar-refractivity contribution is 5.27. The lowest BCUT2D eigenvalue weighted by atomic mass is 9.99. The van der Waals surface area contributed by atoms with Crippen LogP contribution in [0.2, 0.25) is 0 Å². The lowest BCUT2D eigenvalue weighted by Crippen LogP contribution is -2.27. The second-order valence-electron chi connectivity index (χ2n) is 5.86. The molecule has 0 saturated carbocycles. The maximum absolute atomic E-state index is 5.97. The summed E-state index contributed by atoms with van der Waals surface area (Å²) in [6, 6.07) is 9.23. The number of likely N-dealkylation sites (N-methyl/N-ethyl adjacent to an activating group) is 1. The van der Waals surface area contributed by atoms with Crippen molar-refractivity contribution in [1.29, 1.82) is 0 Å². The van der Waals surface area contributed by atoms with Crippen LogP contribution in [-0.4, -0.2) is 19.3 Å². The molecule has 0 heterocycles. The Labute approximate surface area is 124 Å². The van der Waals surface area contributed by atoms with Crippen molar-refractivity contribution < 1.29 is 4.74 Å². The van der Waals surface area contributed by atoms with Crippen LogP contribution >= 0.6 is 0 Å². The Hall–Kier alpha value is -0.860. The van der Waals surface area contributed by atoms with Crippen molar-refractivity contribution in [3.05, 3.63) is 35.4 Å². The van der Waals surface area contributed by atoms with E-state index >= 15 is 0 Å². The van der Waals surface area contributed by atoms with Gasteiger partial charge in [0, 0.05) is 0 Å². The van der Waals surface area contributed by atoms with Crippen LogP contribution in [0.1, 0.15) is 70.5 Å². The predicted molar refractivity (Wildman–Crippen MR) is 87.3 cm³/mol. The molecule has 1 rings (SSSR count). The maximum Gasteiger partial charge on any atom is 0.0665 e. The van der Waals surface area contributed by atoms with E-state index in [1.54, 1.807) is 0 Å². The number of rotatable bonds is 9. The summed E-state index contributed by atoms with van der Waals surface area (Å²) in [6.07, 6.45) is 2.65. The average Bonchev–Trinajstić information content (AvgIpc) is 2.44. The first-order chi connectivity index (χ1) is 9.58. The van der Waals surface area contributed by atoms with Gasteiger partial charge in [0.15, 0.2) is 0 Å². The van der Waals surface area contributed by atoms with Crippen LogP contribution in [0.4, 0.5) is 0 Å². The zero-order chi connectivity index (χ0) is 15.0. The molecule has 0 saturated heterocycles. The van der Waals surface area contributed by atoms with Crippen LogP contribution < -0.4 is 5.32 Å². The lowest BCUT2D eigenvalue weighted by Gasteiger charge is -2.21. The van der Waals surface area contributed by atoms with E-state index in [1.807, 2.05) is 0 Å². The fourth-order valence-electron chi connectivity index (χ4n) is 2.38. The molecule has 1 aromatic carbocycles. The van der Waals surface area contributed by atoms with Gasteiger partial charge in [0.05, 0.1) is 18.8 Å². The first kappa shape index (κ1) is 17.2. The molecule has 2 nitrogen and oxygen atoms in total. The van der Waals surface area contributed by atoms with Crippen molar-refractivity contribution in [3.8, 4) is 0 Å². The van der Waals surface area contributed by atoms with Gasteiger partial charge in [-0.25, -0.2) is 0 Å². The first-order valence-corrected chi connectivity index (χ1v) is 8.03. The van der Waals surface area contributed by atoms with Crippen LogP contribution in [0.3, 0.4) is 0 Å². The van der Waals surface area contributed by atoms with Gasteiger partial charge in [-0.15, -0.1) is 0 Å². The third kappa shape index (κ3) is 5.64. The van der Waals surface area contributed by atoms with E-state index in [4.69, 9.17) is 4.74 Å². The van der Waals surface area contributed by atoms with Gasteiger partial charge in [-0.05, 0) is 36.9 Å². The van der Waals surface area contributed by atoms with Crippen LogP contribution in [0.5, 0.6) is 0 Å². The van der Waals surface area contributed by atoms with E-state index in [0.717, 1.165) is 19.6 Å². The molecule has 0 bridgehead atoms. The topological polar surface area (TPSA) is 21.3 Å². The number of hydrogen-bond donors (Lipinski definition) is 1. The third-order valence-corrected chi connectivity index (χ3v) is 3.70. The normalized spacial score (nSPS) is 14.5. The van der Waals surface area contributed by atoms with Gasteiger partial charge < -0.3 is 10.1 Å². The second-order valence-corrected chi connectivity index (χ2v) is 5.86. The fraction of sp³-hybridized carbons (Fsp3) is 0.667. The largest absolute Gasteiger partial charge is 0.377 e. The van der Waals surface area contributed by atoms with Gasteiger partial charge in [0.2, 0.25) is 0 Å².